The molecule has 3 N–H and O–H groups in total. The van der Waals surface area contributed by atoms with Gasteiger partial charge in [-0.05, 0) is 32.1 Å². The van der Waals surface area contributed by atoms with E-state index in [0.29, 0.717) is 0 Å². The molecule has 0 aliphatic carbocycles. The van der Waals surface area contributed by atoms with Gasteiger partial charge < -0.3 is 10.8 Å². The standard InChI is InChI=1S/C18H37NO/c1-2-3-4-5-6-7-8-9-10-11-12-13-14-15-16-18(19)17-20/h9-10,18,20H,2-8,11-17,19H2,1H3/b10-9+/t18-/m0/s1. The molecule has 2 nitrogen and oxygen atoms in total. The summed E-state index contributed by atoms with van der Waals surface area (Å²) in [6, 6.07) is -0.00720. The van der Waals surface area contributed by atoms with Crippen molar-refractivity contribution in [3.8, 4) is 0 Å². The highest BCUT2D eigenvalue weighted by molar-refractivity contribution is 4.81. The average molecular weight is 283 g/mol. The molecule has 0 aromatic carbocycles. The van der Waals surface area contributed by atoms with Gasteiger partial charge in [0.25, 0.3) is 0 Å². The maximum atomic E-state index is 8.80. The molecule has 0 saturated carbocycles. The summed E-state index contributed by atoms with van der Waals surface area (Å²) < 4.78 is 0. The van der Waals surface area contributed by atoms with Gasteiger partial charge in [-0.3, -0.25) is 0 Å². The first kappa shape index (κ1) is 19.7. The molecule has 0 aromatic heterocycles. The predicted octanol–water partition coefficient (Wildman–Crippen LogP) is 4.95. The van der Waals surface area contributed by atoms with E-state index in [1.54, 1.807) is 0 Å². The molecule has 0 unspecified atom stereocenters. The number of aliphatic hydroxyl groups is 1. The Kier molecular flexibility index (Phi) is 16.4. The molecule has 0 fully saturated rings. The highest BCUT2D eigenvalue weighted by Crippen LogP contribution is 2.09. The van der Waals surface area contributed by atoms with Gasteiger partial charge in [-0.2, -0.15) is 0 Å². The van der Waals surface area contributed by atoms with Gasteiger partial charge in [-0.25, -0.2) is 0 Å². The lowest BCUT2D eigenvalue weighted by atomic mass is 10.1. The molecule has 0 radical (unpaired) electrons. The lowest BCUT2D eigenvalue weighted by molar-refractivity contribution is 0.257. The second-order valence-corrected chi connectivity index (χ2v) is 5.96. The third-order valence-electron chi connectivity index (χ3n) is 3.82. The topological polar surface area (TPSA) is 46.2 Å². The number of rotatable bonds is 15. The normalized spacial score (nSPS) is 13.2. The van der Waals surface area contributed by atoms with Crippen LogP contribution in [-0.4, -0.2) is 17.8 Å². The van der Waals surface area contributed by atoms with Crippen molar-refractivity contribution in [2.24, 2.45) is 5.73 Å². The second kappa shape index (κ2) is 16.7. The highest BCUT2D eigenvalue weighted by atomic mass is 16.3. The molecule has 1 atom stereocenters. The van der Waals surface area contributed by atoms with Crippen LogP contribution in [0.15, 0.2) is 12.2 Å². The molecule has 0 bridgehead atoms. The van der Waals surface area contributed by atoms with Crippen LogP contribution in [0.1, 0.15) is 90.4 Å². The largest absolute Gasteiger partial charge is 0.395 e. The van der Waals surface area contributed by atoms with Crippen molar-refractivity contribution in [3.63, 3.8) is 0 Å². The number of hydrogen-bond donors (Lipinski definition) is 2. The van der Waals surface area contributed by atoms with Gasteiger partial charge in [0.05, 0.1) is 6.61 Å². The Morgan fingerprint density at radius 1 is 0.800 bits per heavy atom. The number of nitrogens with two attached hydrogens (primary N) is 1. The van der Waals surface area contributed by atoms with Crippen molar-refractivity contribution >= 4 is 0 Å². The Balaban J connectivity index is 3.09. The van der Waals surface area contributed by atoms with Gasteiger partial charge in [0.15, 0.2) is 0 Å². The minimum absolute atomic E-state index is 0.00720. The summed E-state index contributed by atoms with van der Waals surface area (Å²) in [5, 5.41) is 8.80. The average Bonchev–Trinajstić information content (AvgIpc) is 2.47. The minimum atomic E-state index is -0.00720. The van der Waals surface area contributed by atoms with Crippen LogP contribution < -0.4 is 5.73 Å². The molecule has 0 saturated heterocycles. The Morgan fingerprint density at radius 3 is 1.85 bits per heavy atom. The quantitative estimate of drug-likeness (QED) is 0.330. The second-order valence-electron chi connectivity index (χ2n) is 5.96. The van der Waals surface area contributed by atoms with Crippen LogP contribution in [0.4, 0.5) is 0 Å². The Labute approximate surface area is 126 Å². The Bertz CT molecular complexity index is 204. The number of allylic oxidation sites excluding steroid dienone is 2. The first-order chi connectivity index (χ1) is 9.81. The van der Waals surface area contributed by atoms with E-state index < -0.39 is 0 Å². The minimum Gasteiger partial charge on any atom is -0.395 e. The maximum absolute atomic E-state index is 8.80. The maximum Gasteiger partial charge on any atom is 0.0582 e. The zero-order chi connectivity index (χ0) is 14.9. The molecule has 0 aliphatic rings. The van der Waals surface area contributed by atoms with Crippen LogP contribution in [0.5, 0.6) is 0 Å². The molecule has 0 aliphatic heterocycles. The zero-order valence-electron chi connectivity index (χ0n) is 13.7. The van der Waals surface area contributed by atoms with Gasteiger partial charge in [0, 0.05) is 6.04 Å². The van der Waals surface area contributed by atoms with E-state index in [2.05, 4.69) is 19.1 Å². The van der Waals surface area contributed by atoms with E-state index in [-0.39, 0.29) is 12.6 Å². The molecule has 2 heteroatoms. The molecule has 120 valence electrons. The van der Waals surface area contributed by atoms with Crippen LogP contribution in [0.3, 0.4) is 0 Å². The van der Waals surface area contributed by atoms with Crippen LogP contribution in [0.2, 0.25) is 0 Å². The monoisotopic (exact) mass is 283 g/mol. The van der Waals surface area contributed by atoms with Gasteiger partial charge in [-0.1, -0.05) is 70.4 Å². The summed E-state index contributed by atoms with van der Waals surface area (Å²) in [7, 11) is 0. The summed E-state index contributed by atoms with van der Waals surface area (Å²) in [6.45, 7) is 2.39. The van der Waals surface area contributed by atoms with E-state index in [1.165, 1.54) is 70.6 Å². The third-order valence-corrected chi connectivity index (χ3v) is 3.82. The molecule has 0 amide bonds. The Hall–Kier alpha value is -0.340. The number of unbranched alkanes of at least 4 members (excludes halogenated alkanes) is 10. The van der Waals surface area contributed by atoms with Crippen molar-refractivity contribution in [2.45, 2.75) is 96.4 Å². The van der Waals surface area contributed by atoms with Crippen LogP contribution in [0, 0.1) is 0 Å². The van der Waals surface area contributed by atoms with Crippen molar-refractivity contribution in [3.05, 3.63) is 12.2 Å². The first-order valence-electron chi connectivity index (χ1n) is 8.82. The zero-order valence-corrected chi connectivity index (χ0v) is 13.7. The fourth-order valence-electron chi connectivity index (χ4n) is 2.39. The number of aliphatic hydroxyl groups excluding tert-OH is 1. The molecule has 0 rings (SSSR count). The summed E-state index contributed by atoms with van der Waals surface area (Å²) in [5.41, 5.74) is 5.66. The fourth-order valence-corrected chi connectivity index (χ4v) is 2.39. The molecule has 0 spiro atoms. The van der Waals surface area contributed by atoms with E-state index in [9.17, 15) is 0 Å². The molecule has 0 aromatic rings. The summed E-state index contributed by atoms with van der Waals surface area (Å²) >= 11 is 0. The number of hydrogen-bond acceptors (Lipinski definition) is 2. The van der Waals surface area contributed by atoms with E-state index in [0.717, 1.165) is 12.8 Å². The highest BCUT2D eigenvalue weighted by Gasteiger charge is 1.98. The van der Waals surface area contributed by atoms with E-state index in [1.807, 2.05) is 0 Å². The predicted molar refractivity (Wildman–Crippen MR) is 89.9 cm³/mol. The van der Waals surface area contributed by atoms with E-state index >= 15 is 0 Å². The van der Waals surface area contributed by atoms with Gasteiger partial charge in [0.2, 0.25) is 0 Å². The van der Waals surface area contributed by atoms with Crippen molar-refractivity contribution in [1.29, 1.82) is 0 Å². The smallest absolute Gasteiger partial charge is 0.0582 e. The summed E-state index contributed by atoms with van der Waals surface area (Å²) in [5.74, 6) is 0. The molecule has 0 heterocycles. The molecular formula is C18H37NO. The third kappa shape index (κ3) is 15.7. The van der Waals surface area contributed by atoms with Crippen molar-refractivity contribution in [1.82, 2.24) is 0 Å². The van der Waals surface area contributed by atoms with Gasteiger partial charge in [-0.15, -0.1) is 0 Å². The summed E-state index contributed by atoms with van der Waals surface area (Å²) in [4.78, 5) is 0. The molecule has 20 heavy (non-hydrogen) atoms. The van der Waals surface area contributed by atoms with Crippen LogP contribution in [-0.2, 0) is 0 Å². The fraction of sp³-hybridized carbons (Fsp3) is 0.889. The van der Waals surface area contributed by atoms with Crippen LogP contribution in [0.25, 0.3) is 0 Å². The lowest BCUT2D eigenvalue weighted by Gasteiger charge is -2.06. The van der Waals surface area contributed by atoms with Crippen LogP contribution >= 0.6 is 0 Å². The Morgan fingerprint density at radius 2 is 1.30 bits per heavy atom. The first-order valence-corrected chi connectivity index (χ1v) is 8.82. The lowest BCUT2D eigenvalue weighted by Crippen LogP contribution is -2.23. The van der Waals surface area contributed by atoms with Crippen molar-refractivity contribution in [2.75, 3.05) is 6.61 Å². The van der Waals surface area contributed by atoms with Gasteiger partial charge in [0.1, 0.15) is 0 Å². The van der Waals surface area contributed by atoms with Crippen molar-refractivity contribution < 1.29 is 5.11 Å². The van der Waals surface area contributed by atoms with E-state index in [4.69, 9.17) is 10.8 Å². The SMILES string of the molecule is CCCCCCCC/C=C/CCCCCC[C@H](N)CO. The van der Waals surface area contributed by atoms with Gasteiger partial charge >= 0.3 is 0 Å². The summed E-state index contributed by atoms with van der Waals surface area (Å²) in [6.07, 6.45) is 21.5. The molecular weight excluding hydrogens is 246 g/mol.